The molecule has 0 saturated carbocycles. The highest BCUT2D eigenvalue weighted by atomic mass is 19.4. The molecule has 0 spiro atoms. The van der Waals surface area contributed by atoms with E-state index in [1.54, 1.807) is 0 Å². The number of hydrogen-bond acceptors (Lipinski definition) is 1. The molecule has 0 saturated heterocycles. The number of aryl methyl sites for hydroxylation is 1. The van der Waals surface area contributed by atoms with Crippen molar-refractivity contribution in [2.75, 3.05) is 0 Å². The van der Waals surface area contributed by atoms with Crippen LogP contribution in [0.2, 0.25) is 0 Å². The second-order valence-electron chi connectivity index (χ2n) is 3.79. The predicted molar refractivity (Wildman–Crippen MR) is 55.0 cm³/mol. The van der Waals surface area contributed by atoms with Crippen molar-refractivity contribution in [3.63, 3.8) is 0 Å². The standard InChI is InChI=1S/C12H13F3O/c1-9(11(16)12(13,14)15)7-8-10-5-3-2-4-6-10/h2-6,9H,7-8H2,1H3. The Morgan fingerprint density at radius 1 is 1.25 bits per heavy atom. The average Bonchev–Trinajstić information content (AvgIpc) is 2.25. The lowest BCUT2D eigenvalue weighted by atomic mass is 9.97. The monoisotopic (exact) mass is 230 g/mol. The first-order valence-electron chi connectivity index (χ1n) is 5.06. The summed E-state index contributed by atoms with van der Waals surface area (Å²) in [5.41, 5.74) is 0.948. The van der Waals surface area contributed by atoms with Gasteiger partial charge >= 0.3 is 6.18 Å². The summed E-state index contributed by atoms with van der Waals surface area (Å²) in [6, 6.07) is 9.17. The quantitative estimate of drug-likeness (QED) is 0.774. The van der Waals surface area contributed by atoms with E-state index in [-0.39, 0.29) is 6.42 Å². The van der Waals surface area contributed by atoms with E-state index >= 15 is 0 Å². The molecule has 0 radical (unpaired) electrons. The molecular formula is C12H13F3O. The maximum atomic E-state index is 12.1. The third kappa shape index (κ3) is 3.68. The van der Waals surface area contributed by atoms with Crippen molar-refractivity contribution in [2.45, 2.75) is 25.9 Å². The van der Waals surface area contributed by atoms with E-state index in [1.165, 1.54) is 6.92 Å². The molecule has 0 bridgehead atoms. The SMILES string of the molecule is CC(CCc1ccccc1)C(=O)C(F)(F)F. The molecule has 1 unspecified atom stereocenters. The van der Waals surface area contributed by atoms with Crippen LogP contribution in [0.25, 0.3) is 0 Å². The third-order valence-corrected chi connectivity index (χ3v) is 2.44. The van der Waals surface area contributed by atoms with Crippen molar-refractivity contribution in [3.8, 4) is 0 Å². The number of hydrogen-bond donors (Lipinski definition) is 0. The highest BCUT2D eigenvalue weighted by Crippen LogP contribution is 2.23. The summed E-state index contributed by atoms with van der Waals surface area (Å²) in [4.78, 5) is 10.9. The number of ketones is 1. The lowest BCUT2D eigenvalue weighted by Gasteiger charge is -2.12. The molecule has 0 aromatic heterocycles. The number of halogens is 3. The Kier molecular flexibility index (Phi) is 4.10. The van der Waals surface area contributed by atoms with Gasteiger partial charge in [-0.2, -0.15) is 13.2 Å². The molecular weight excluding hydrogens is 217 g/mol. The molecule has 4 heteroatoms. The van der Waals surface area contributed by atoms with Crippen LogP contribution in [0, 0.1) is 5.92 Å². The molecule has 1 aromatic rings. The fraction of sp³-hybridized carbons (Fsp3) is 0.417. The van der Waals surface area contributed by atoms with Crippen LogP contribution in [0.4, 0.5) is 13.2 Å². The molecule has 16 heavy (non-hydrogen) atoms. The molecule has 0 aliphatic heterocycles. The van der Waals surface area contributed by atoms with E-state index in [2.05, 4.69) is 0 Å². The Labute approximate surface area is 92.3 Å². The molecule has 0 fully saturated rings. The van der Waals surface area contributed by atoms with Gasteiger partial charge in [-0.05, 0) is 18.4 Å². The zero-order chi connectivity index (χ0) is 12.2. The topological polar surface area (TPSA) is 17.1 Å². The Morgan fingerprint density at radius 3 is 2.31 bits per heavy atom. The van der Waals surface area contributed by atoms with Gasteiger partial charge in [-0.25, -0.2) is 0 Å². The first kappa shape index (κ1) is 12.7. The van der Waals surface area contributed by atoms with E-state index in [9.17, 15) is 18.0 Å². The van der Waals surface area contributed by atoms with E-state index in [4.69, 9.17) is 0 Å². The minimum absolute atomic E-state index is 0.225. The summed E-state index contributed by atoms with van der Waals surface area (Å²) in [6.45, 7) is 1.32. The number of rotatable bonds is 4. The second-order valence-corrected chi connectivity index (χ2v) is 3.79. The first-order chi connectivity index (χ1) is 7.41. The largest absolute Gasteiger partial charge is 0.450 e. The Bertz CT molecular complexity index is 343. The van der Waals surface area contributed by atoms with Gasteiger partial charge < -0.3 is 0 Å². The van der Waals surface area contributed by atoms with Crippen LogP contribution in [0.15, 0.2) is 30.3 Å². The Morgan fingerprint density at radius 2 is 1.81 bits per heavy atom. The van der Waals surface area contributed by atoms with Crippen molar-refractivity contribution >= 4 is 5.78 Å². The number of Topliss-reactive ketones (excluding diaryl/α,β-unsaturated/α-hetero) is 1. The highest BCUT2D eigenvalue weighted by molar-refractivity contribution is 5.85. The summed E-state index contributed by atoms with van der Waals surface area (Å²) >= 11 is 0. The second kappa shape index (κ2) is 5.14. The third-order valence-electron chi connectivity index (χ3n) is 2.44. The number of alkyl halides is 3. The van der Waals surface area contributed by atoms with Gasteiger partial charge in [-0.1, -0.05) is 37.3 Å². The zero-order valence-electron chi connectivity index (χ0n) is 8.92. The number of carbonyl (C=O) groups excluding carboxylic acids is 1. The van der Waals surface area contributed by atoms with Crippen LogP contribution in [0.1, 0.15) is 18.9 Å². The van der Waals surface area contributed by atoms with E-state index in [1.807, 2.05) is 30.3 Å². The maximum absolute atomic E-state index is 12.1. The van der Waals surface area contributed by atoms with Gasteiger partial charge in [0.15, 0.2) is 0 Å². The van der Waals surface area contributed by atoms with Crippen LogP contribution >= 0.6 is 0 Å². The van der Waals surface area contributed by atoms with Crippen molar-refractivity contribution in [2.24, 2.45) is 5.92 Å². The van der Waals surface area contributed by atoms with Crippen molar-refractivity contribution in [1.82, 2.24) is 0 Å². The smallest absolute Gasteiger partial charge is 0.289 e. The van der Waals surface area contributed by atoms with Crippen LogP contribution in [-0.2, 0) is 11.2 Å². The Balaban J connectivity index is 2.48. The van der Waals surface area contributed by atoms with E-state index in [0.29, 0.717) is 6.42 Å². The molecule has 88 valence electrons. The lowest BCUT2D eigenvalue weighted by molar-refractivity contribution is -0.175. The minimum Gasteiger partial charge on any atom is -0.289 e. The molecule has 0 N–H and O–H groups in total. The van der Waals surface area contributed by atoms with Gasteiger partial charge in [-0.15, -0.1) is 0 Å². The van der Waals surface area contributed by atoms with Gasteiger partial charge in [0.2, 0.25) is 5.78 Å². The molecule has 1 rings (SSSR count). The van der Waals surface area contributed by atoms with E-state index in [0.717, 1.165) is 5.56 Å². The maximum Gasteiger partial charge on any atom is 0.450 e. The summed E-state index contributed by atoms with van der Waals surface area (Å²) in [6.07, 6.45) is -4.00. The first-order valence-corrected chi connectivity index (χ1v) is 5.06. The van der Waals surface area contributed by atoms with Crippen LogP contribution in [0.5, 0.6) is 0 Å². The summed E-state index contributed by atoms with van der Waals surface area (Å²) in [5.74, 6) is -2.61. The predicted octanol–water partition coefficient (Wildman–Crippen LogP) is 3.39. The fourth-order valence-corrected chi connectivity index (χ4v) is 1.44. The van der Waals surface area contributed by atoms with E-state index < -0.39 is 17.9 Å². The number of carbonyl (C=O) groups is 1. The molecule has 0 aliphatic rings. The Hall–Kier alpha value is -1.32. The van der Waals surface area contributed by atoms with Crippen LogP contribution in [0.3, 0.4) is 0 Å². The summed E-state index contributed by atoms with van der Waals surface area (Å²) in [7, 11) is 0. The molecule has 0 amide bonds. The minimum atomic E-state index is -4.71. The molecule has 0 heterocycles. The van der Waals surface area contributed by atoms with Crippen LogP contribution < -0.4 is 0 Å². The number of benzene rings is 1. The van der Waals surface area contributed by atoms with Gasteiger partial charge in [0.25, 0.3) is 0 Å². The van der Waals surface area contributed by atoms with Crippen LogP contribution in [-0.4, -0.2) is 12.0 Å². The van der Waals surface area contributed by atoms with Crippen molar-refractivity contribution < 1.29 is 18.0 Å². The van der Waals surface area contributed by atoms with Crippen molar-refractivity contribution in [3.05, 3.63) is 35.9 Å². The molecule has 1 aromatic carbocycles. The van der Waals surface area contributed by atoms with Gasteiger partial charge in [0, 0.05) is 5.92 Å². The van der Waals surface area contributed by atoms with Gasteiger partial charge in [0.1, 0.15) is 0 Å². The molecule has 1 atom stereocenters. The normalized spacial score (nSPS) is 13.5. The zero-order valence-corrected chi connectivity index (χ0v) is 8.92. The van der Waals surface area contributed by atoms with Gasteiger partial charge in [0.05, 0.1) is 0 Å². The molecule has 1 nitrogen and oxygen atoms in total. The van der Waals surface area contributed by atoms with Crippen molar-refractivity contribution in [1.29, 1.82) is 0 Å². The highest BCUT2D eigenvalue weighted by Gasteiger charge is 2.40. The summed E-state index contributed by atoms with van der Waals surface area (Å²) in [5, 5.41) is 0. The fourth-order valence-electron chi connectivity index (χ4n) is 1.44. The molecule has 0 aliphatic carbocycles. The lowest BCUT2D eigenvalue weighted by Crippen LogP contribution is -2.29. The van der Waals surface area contributed by atoms with Gasteiger partial charge in [-0.3, -0.25) is 4.79 Å². The average molecular weight is 230 g/mol. The summed E-state index contributed by atoms with van der Waals surface area (Å²) < 4.78 is 36.2.